The molecular formula is C6H10N2S2. The lowest BCUT2D eigenvalue weighted by atomic mass is 10.6. The highest BCUT2D eigenvalue weighted by atomic mass is 32.2. The summed E-state index contributed by atoms with van der Waals surface area (Å²) in [6.07, 6.45) is 0. The fourth-order valence-electron chi connectivity index (χ4n) is 0.539. The smallest absolute Gasteiger partial charge is 0.200 e. The predicted octanol–water partition coefficient (Wildman–Crippen LogP) is 2.35. The van der Waals surface area contributed by atoms with Gasteiger partial charge in [-0.25, -0.2) is 4.98 Å². The van der Waals surface area contributed by atoms with Crippen LogP contribution in [0.2, 0.25) is 0 Å². The summed E-state index contributed by atoms with van der Waals surface area (Å²) in [5.41, 5.74) is 0. The van der Waals surface area contributed by atoms with Crippen molar-refractivity contribution in [3.63, 3.8) is 0 Å². The monoisotopic (exact) mass is 174 g/mol. The average molecular weight is 174 g/mol. The van der Waals surface area contributed by atoms with Crippen molar-refractivity contribution in [1.82, 2.24) is 9.36 Å². The number of thioether (sulfide) groups is 1. The molecule has 0 aliphatic rings. The molecule has 0 fully saturated rings. The molecular weight excluding hydrogens is 164 g/mol. The van der Waals surface area contributed by atoms with E-state index < -0.39 is 0 Å². The first-order valence-corrected chi connectivity index (χ1v) is 4.81. The lowest BCUT2D eigenvalue weighted by molar-refractivity contribution is 1.02. The lowest BCUT2D eigenvalue weighted by Crippen LogP contribution is -1.86. The Kier molecular flexibility index (Phi) is 2.68. The number of nitrogens with zero attached hydrogens (tertiary/aromatic N) is 2. The van der Waals surface area contributed by atoms with Crippen molar-refractivity contribution in [3.05, 3.63) is 5.01 Å². The van der Waals surface area contributed by atoms with Crippen LogP contribution in [0.4, 0.5) is 0 Å². The molecule has 0 saturated heterocycles. The number of rotatable bonds is 2. The van der Waals surface area contributed by atoms with Crippen LogP contribution in [0.1, 0.15) is 18.9 Å². The fourth-order valence-corrected chi connectivity index (χ4v) is 1.87. The van der Waals surface area contributed by atoms with Gasteiger partial charge in [0.2, 0.25) is 5.16 Å². The van der Waals surface area contributed by atoms with Crippen molar-refractivity contribution in [3.8, 4) is 0 Å². The molecule has 1 aromatic heterocycles. The third-order valence-electron chi connectivity index (χ3n) is 0.850. The Morgan fingerprint density at radius 3 is 2.60 bits per heavy atom. The van der Waals surface area contributed by atoms with Gasteiger partial charge >= 0.3 is 0 Å². The highest BCUT2D eigenvalue weighted by Gasteiger charge is 2.02. The third kappa shape index (κ3) is 2.27. The first-order valence-electron chi connectivity index (χ1n) is 3.15. The van der Waals surface area contributed by atoms with Crippen molar-refractivity contribution in [2.45, 2.75) is 31.2 Å². The quantitative estimate of drug-likeness (QED) is 0.644. The Balaban J connectivity index is 2.58. The number of hydrogen-bond acceptors (Lipinski definition) is 4. The van der Waals surface area contributed by atoms with Gasteiger partial charge < -0.3 is 0 Å². The van der Waals surface area contributed by atoms with E-state index in [4.69, 9.17) is 0 Å². The molecule has 0 spiro atoms. The van der Waals surface area contributed by atoms with Gasteiger partial charge in [0, 0.05) is 5.25 Å². The Hall–Kier alpha value is -0.0900. The van der Waals surface area contributed by atoms with Gasteiger partial charge in [-0.3, -0.25) is 0 Å². The summed E-state index contributed by atoms with van der Waals surface area (Å²) in [5, 5.41) is 2.54. The van der Waals surface area contributed by atoms with E-state index in [0.29, 0.717) is 5.25 Å². The Bertz CT molecular complexity index is 207. The molecule has 0 aromatic carbocycles. The van der Waals surface area contributed by atoms with Gasteiger partial charge in [0.15, 0.2) is 0 Å². The van der Waals surface area contributed by atoms with Crippen LogP contribution in [0.15, 0.2) is 5.16 Å². The van der Waals surface area contributed by atoms with Crippen molar-refractivity contribution in [2.24, 2.45) is 0 Å². The van der Waals surface area contributed by atoms with Gasteiger partial charge in [0.25, 0.3) is 0 Å². The molecule has 2 nitrogen and oxygen atoms in total. The highest BCUT2D eigenvalue weighted by Crippen LogP contribution is 2.20. The van der Waals surface area contributed by atoms with Crippen LogP contribution in [0.5, 0.6) is 0 Å². The number of aryl methyl sites for hydroxylation is 1. The van der Waals surface area contributed by atoms with E-state index in [1.54, 1.807) is 11.8 Å². The van der Waals surface area contributed by atoms with Crippen LogP contribution in [0.25, 0.3) is 0 Å². The predicted molar refractivity (Wildman–Crippen MR) is 45.6 cm³/mol. The molecule has 0 saturated carbocycles. The van der Waals surface area contributed by atoms with Crippen LogP contribution >= 0.6 is 23.3 Å². The Morgan fingerprint density at radius 2 is 2.20 bits per heavy atom. The normalized spacial score (nSPS) is 10.8. The molecule has 1 heterocycles. The molecule has 1 rings (SSSR count). The minimum absolute atomic E-state index is 0.578. The first-order chi connectivity index (χ1) is 4.68. The SMILES string of the molecule is Cc1nc(SC(C)C)ns1. The zero-order valence-electron chi connectivity index (χ0n) is 6.29. The van der Waals surface area contributed by atoms with Gasteiger partial charge in [-0.15, -0.1) is 0 Å². The Labute approximate surface area is 69.2 Å². The van der Waals surface area contributed by atoms with Crippen molar-refractivity contribution >= 4 is 23.3 Å². The van der Waals surface area contributed by atoms with Gasteiger partial charge in [-0.1, -0.05) is 25.6 Å². The van der Waals surface area contributed by atoms with Crippen molar-refractivity contribution in [2.75, 3.05) is 0 Å². The molecule has 0 radical (unpaired) electrons. The molecule has 56 valence electrons. The molecule has 0 aliphatic carbocycles. The third-order valence-corrected chi connectivity index (χ3v) is 2.45. The van der Waals surface area contributed by atoms with E-state index in [-0.39, 0.29) is 0 Å². The standard InChI is InChI=1S/C6H10N2S2/c1-4(2)9-6-7-5(3)10-8-6/h4H,1-3H3. The second kappa shape index (κ2) is 3.34. The zero-order valence-corrected chi connectivity index (χ0v) is 7.92. The molecule has 10 heavy (non-hydrogen) atoms. The van der Waals surface area contributed by atoms with E-state index in [2.05, 4.69) is 23.2 Å². The maximum atomic E-state index is 4.22. The van der Waals surface area contributed by atoms with Crippen LogP contribution in [0.3, 0.4) is 0 Å². The summed E-state index contributed by atoms with van der Waals surface area (Å²) < 4.78 is 4.15. The second-order valence-electron chi connectivity index (χ2n) is 2.26. The molecule has 1 aromatic rings. The number of hydrogen-bond donors (Lipinski definition) is 0. The molecule has 4 heteroatoms. The minimum Gasteiger partial charge on any atom is -0.215 e. The van der Waals surface area contributed by atoms with Gasteiger partial charge in [-0.05, 0) is 18.5 Å². The molecule has 0 amide bonds. The summed E-state index contributed by atoms with van der Waals surface area (Å²) in [7, 11) is 0. The molecule has 0 N–H and O–H groups in total. The van der Waals surface area contributed by atoms with Crippen molar-refractivity contribution < 1.29 is 0 Å². The molecule has 0 aliphatic heterocycles. The van der Waals surface area contributed by atoms with E-state index in [1.165, 1.54) is 11.5 Å². The summed E-state index contributed by atoms with van der Waals surface area (Å²) >= 11 is 3.17. The van der Waals surface area contributed by atoms with E-state index >= 15 is 0 Å². The van der Waals surface area contributed by atoms with E-state index in [0.717, 1.165) is 10.2 Å². The second-order valence-corrected chi connectivity index (χ2v) is 4.76. The largest absolute Gasteiger partial charge is 0.215 e. The minimum atomic E-state index is 0.578. The average Bonchev–Trinajstić information content (AvgIpc) is 2.13. The zero-order chi connectivity index (χ0) is 7.56. The van der Waals surface area contributed by atoms with E-state index in [9.17, 15) is 0 Å². The first kappa shape index (κ1) is 8.01. The summed E-state index contributed by atoms with van der Waals surface area (Å²) in [5.74, 6) is 0. The summed E-state index contributed by atoms with van der Waals surface area (Å²) in [6, 6.07) is 0. The molecule has 0 bridgehead atoms. The summed E-state index contributed by atoms with van der Waals surface area (Å²) in [6.45, 7) is 6.25. The van der Waals surface area contributed by atoms with E-state index in [1.807, 2.05) is 6.92 Å². The van der Waals surface area contributed by atoms with Crippen LogP contribution in [0, 0.1) is 6.92 Å². The number of aromatic nitrogens is 2. The lowest BCUT2D eigenvalue weighted by Gasteiger charge is -1.96. The molecule has 0 unspecified atom stereocenters. The van der Waals surface area contributed by atoms with Gasteiger partial charge in [0.1, 0.15) is 5.01 Å². The maximum absolute atomic E-state index is 4.22. The van der Waals surface area contributed by atoms with Crippen LogP contribution in [-0.4, -0.2) is 14.6 Å². The molecule has 0 atom stereocenters. The fraction of sp³-hybridized carbons (Fsp3) is 0.667. The topological polar surface area (TPSA) is 25.8 Å². The van der Waals surface area contributed by atoms with Crippen LogP contribution in [-0.2, 0) is 0 Å². The summed E-state index contributed by atoms with van der Waals surface area (Å²) in [4.78, 5) is 4.22. The van der Waals surface area contributed by atoms with Gasteiger partial charge in [0.05, 0.1) is 0 Å². The Morgan fingerprint density at radius 1 is 1.50 bits per heavy atom. The highest BCUT2D eigenvalue weighted by molar-refractivity contribution is 7.99. The van der Waals surface area contributed by atoms with Crippen LogP contribution < -0.4 is 0 Å². The van der Waals surface area contributed by atoms with Crippen molar-refractivity contribution in [1.29, 1.82) is 0 Å². The van der Waals surface area contributed by atoms with Gasteiger partial charge in [-0.2, -0.15) is 4.37 Å². The maximum Gasteiger partial charge on any atom is 0.200 e.